The molecule has 0 saturated carbocycles. The lowest BCUT2D eigenvalue weighted by Crippen LogP contribution is -2.09. The van der Waals surface area contributed by atoms with Gasteiger partial charge in [-0.1, -0.05) is 13.0 Å². The van der Waals surface area contributed by atoms with Gasteiger partial charge < -0.3 is 9.47 Å². The predicted octanol–water partition coefficient (Wildman–Crippen LogP) is 2.17. The zero-order valence-electron chi connectivity index (χ0n) is 9.63. The van der Waals surface area contributed by atoms with Gasteiger partial charge in [0.2, 0.25) is 5.75 Å². The maximum absolute atomic E-state index is 11.6. The highest BCUT2D eigenvalue weighted by Gasteiger charge is 2.23. The topological polar surface area (TPSA) is 78.7 Å². The smallest absolute Gasteiger partial charge is 0.342 e. The number of rotatable bonds is 5. The normalized spacial score (nSPS) is 9.76. The van der Waals surface area contributed by atoms with Crippen molar-refractivity contribution in [2.45, 2.75) is 13.3 Å². The first-order chi connectivity index (χ1) is 8.11. The molecule has 0 amide bonds. The van der Waals surface area contributed by atoms with Crippen LogP contribution in [0.5, 0.6) is 5.75 Å². The van der Waals surface area contributed by atoms with Crippen LogP contribution in [0.3, 0.4) is 0 Å². The van der Waals surface area contributed by atoms with Crippen LogP contribution in [-0.2, 0) is 4.74 Å². The number of methoxy groups -OCH3 is 1. The van der Waals surface area contributed by atoms with E-state index in [0.717, 1.165) is 0 Å². The number of para-hydroxylation sites is 1. The third-order valence-corrected chi connectivity index (χ3v) is 2.05. The molecule has 0 spiro atoms. The predicted molar refractivity (Wildman–Crippen MR) is 60.2 cm³/mol. The fraction of sp³-hybridized carbons (Fsp3) is 0.364. The molecular weight excluding hydrogens is 226 g/mol. The van der Waals surface area contributed by atoms with Crippen LogP contribution in [0.4, 0.5) is 5.69 Å². The Morgan fingerprint density at radius 2 is 2.18 bits per heavy atom. The van der Waals surface area contributed by atoms with E-state index in [4.69, 9.17) is 9.47 Å². The van der Waals surface area contributed by atoms with Crippen molar-refractivity contribution in [1.82, 2.24) is 0 Å². The first-order valence-electron chi connectivity index (χ1n) is 5.10. The van der Waals surface area contributed by atoms with Crippen molar-refractivity contribution in [2.24, 2.45) is 0 Å². The molecule has 0 aliphatic rings. The number of hydrogen-bond donors (Lipinski definition) is 0. The number of carbonyl (C=O) groups excluding carboxylic acids is 1. The van der Waals surface area contributed by atoms with Gasteiger partial charge in [0.05, 0.1) is 18.6 Å². The molecule has 0 aromatic heterocycles. The molecule has 0 fully saturated rings. The molecule has 1 aromatic rings. The molecule has 1 rings (SSSR count). The molecule has 0 atom stereocenters. The van der Waals surface area contributed by atoms with Gasteiger partial charge in [-0.2, -0.15) is 0 Å². The number of esters is 1. The van der Waals surface area contributed by atoms with Crippen LogP contribution in [0.2, 0.25) is 0 Å². The van der Waals surface area contributed by atoms with Gasteiger partial charge in [-0.25, -0.2) is 4.79 Å². The second-order valence-electron chi connectivity index (χ2n) is 3.25. The lowest BCUT2D eigenvalue weighted by molar-refractivity contribution is -0.385. The summed E-state index contributed by atoms with van der Waals surface area (Å²) in [4.78, 5) is 21.8. The first kappa shape index (κ1) is 13.0. The van der Waals surface area contributed by atoms with Crippen LogP contribution in [0.15, 0.2) is 18.2 Å². The lowest BCUT2D eigenvalue weighted by Gasteiger charge is -2.08. The molecule has 6 heteroatoms. The van der Waals surface area contributed by atoms with Crippen molar-refractivity contribution >= 4 is 11.7 Å². The molecule has 0 radical (unpaired) electrons. The number of ether oxygens (including phenoxy) is 2. The number of hydrogen-bond acceptors (Lipinski definition) is 5. The first-order valence-corrected chi connectivity index (χ1v) is 5.10. The summed E-state index contributed by atoms with van der Waals surface area (Å²) >= 11 is 0. The Morgan fingerprint density at radius 3 is 2.71 bits per heavy atom. The van der Waals surface area contributed by atoms with Crippen molar-refractivity contribution in [3.8, 4) is 5.75 Å². The Bertz CT molecular complexity index is 430. The highest BCUT2D eigenvalue weighted by atomic mass is 16.6. The molecule has 17 heavy (non-hydrogen) atoms. The maximum atomic E-state index is 11.6. The summed E-state index contributed by atoms with van der Waals surface area (Å²) in [6.07, 6.45) is 0.684. The van der Waals surface area contributed by atoms with E-state index in [2.05, 4.69) is 0 Å². The van der Waals surface area contributed by atoms with E-state index >= 15 is 0 Å². The van der Waals surface area contributed by atoms with E-state index < -0.39 is 10.9 Å². The monoisotopic (exact) mass is 239 g/mol. The fourth-order valence-corrected chi connectivity index (χ4v) is 1.32. The van der Waals surface area contributed by atoms with Crippen LogP contribution in [0.25, 0.3) is 0 Å². The summed E-state index contributed by atoms with van der Waals surface area (Å²) in [7, 11) is 1.28. The second-order valence-corrected chi connectivity index (χ2v) is 3.25. The molecule has 0 heterocycles. The second kappa shape index (κ2) is 5.83. The van der Waals surface area contributed by atoms with E-state index in [-0.39, 0.29) is 23.6 Å². The van der Waals surface area contributed by atoms with Gasteiger partial charge in [0.15, 0.2) is 0 Å². The quantitative estimate of drug-likeness (QED) is 0.447. The highest BCUT2D eigenvalue weighted by molar-refractivity contribution is 5.94. The highest BCUT2D eigenvalue weighted by Crippen LogP contribution is 2.30. The Kier molecular flexibility index (Phi) is 4.45. The molecule has 0 aliphatic carbocycles. The Morgan fingerprint density at radius 1 is 1.47 bits per heavy atom. The third kappa shape index (κ3) is 2.93. The van der Waals surface area contributed by atoms with Crippen LogP contribution in [0, 0.1) is 10.1 Å². The SMILES string of the molecule is CCCOC(=O)c1cccc([N+](=O)[O-])c1OC. The molecule has 0 bridgehead atoms. The van der Waals surface area contributed by atoms with Gasteiger partial charge >= 0.3 is 11.7 Å². The van der Waals surface area contributed by atoms with E-state index in [0.29, 0.717) is 6.42 Å². The number of nitro benzene ring substituents is 1. The van der Waals surface area contributed by atoms with E-state index in [1.165, 1.54) is 25.3 Å². The minimum Gasteiger partial charge on any atom is -0.490 e. The van der Waals surface area contributed by atoms with Crippen LogP contribution in [-0.4, -0.2) is 24.6 Å². The van der Waals surface area contributed by atoms with Crippen molar-refractivity contribution in [3.63, 3.8) is 0 Å². The Balaban J connectivity index is 3.11. The summed E-state index contributed by atoms with van der Waals surface area (Å²) in [5.41, 5.74) is -0.186. The van der Waals surface area contributed by atoms with Gasteiger partial charge in [-0.3, -0.25) is 10.1 Å². The average Bonchev–Trinajstić information content (AvgIpc) is 2.34. The van der Waals surface area contributed by atoms with Gasteiger partial charge in [-0.05, 0) is 12.5 Å². The van der Waals surface area contributed by atoms with Gasteiger partial charge in [0.25, 0.3) is 0 Å². The third-order valence-electron chi connectivity index (χ3n) is 2.05. The molecule has 0 unspecified atom stereocenters. The summed E-state index contributed by atoms with van der Waals surface area (Å²) in [6.45, 7) is 2.13. The standard InChI is InChI=1S/C11H13NO5/c1-3-7-17-11(13)8-5-4-6-9(12(14)15)10(8)16-2/h4-6H,3,7H2,1-2H3. The summed E-state index contributed by atoms with van der Waals surface area (Å²) in [6, 6.07) is 4.13. The van der Waals surface area contributed by atoms with Gasteiger partial charge in [-0.15, -0.1) is 0 Å². The summed E-state index contributed by atoms with van der Waals surface area (Å²) in [5, 5.41) is 10.7. The van der Waals surface area contributed by atoms with E-state index in [1.807, 2.05) is 6.92 Å². The zero-order valence-corrected chi connectivity index (χ0v) is 9.63. The molecule has 0 N–H and O–H groups in total. The van der Waals surface area contributed by atoms with Crippen molar-refractivity contribution in [3.05, 3.63) is 33.9 Å². The molecule has 6 nitrogen and oxygen atoms in total. The van der Waals surface area contributed by atoms with E-state index in [1.54, 1.807) is 0 Å². The van der Waals surface area contributed by atoms with Crippen LogP contribution in [0.1, 0.15) is 23.7 Å². The van der Waals surface area contributed by atoms with Crippen molar-refractivity contribution in [1.29, 1.82) is 0 Å². The molecule has 1 aromatic carbocycles. The fourth-order valence-electron chi connectivity index (χ4n) is 1.32. The molecule has 0 saturated heterocycles. The van der Waals surface area contributed by atoms with E-state index in [9.17, 15) is 14.9 Å². The molecule has 92 valence electrons. The van der Waals surface area contributed by atoms with Crippen molar-refractivity contribution < 1.29 is 19.2 Å². The van der Waals surface area contributed by atoms with Crippen LogP contribution >= 0.6 is 0 Å². The van der Waals surface area contributed by atoms with Crippen LogP contribution < -0.4 is 4.74 Å². The Labute approximate surface area is 98.3 Å². The lowest BCUT2D eigenvalue weighted by atomic mass is 10.1. The summed E-state index contributed by atoms with van der Waals surface area (Å²) in [5.74, 6) is -0.689. The zero-order chi connectivity index (χ0) is 12.8. The van der Waals surface area contributed by atoms with Gasteiger partial charge in [0.1, 0.15) is 5.56 Å². The maximum Gasteiger partial charge on any atom is 0.342 e. The number of carbonyl (C=O) groups is 1. The Hall–Kier alpha value is -2.11. The summed E-state index contributed by atoms with van der Waals surface area (Å²) < 4.78 is 9.81. The average molecular weight is 239 g/mol. The number of benzene rings is 1. The minimum absolute atomic E-state index is 0.0650. The largest absolute Gasteiger partial charge is 0.490 e. The minimum atomic E-state index is -0.618. The van der Waals surface area contributed by atoms with Crippen molar-refractivity contribution in [2.75, 3.05) is 13.7 Å². The number of nitrogens with zero attached hydrogens (tertiary/aromatic N) is 1. The van der Waals surface area contributed by atoms with Gasteiger partial charge in [0, 0.05) is 6.07 Å². The molecular formula is C11H13NO5. The number of nitro groups is 1. The molecule has 0 aliphatic heterocycles.